The van der Waals surface area contributed by atoms with Gasteiger partial charge in [0.15, 0.2) is 0 Å². The van der Waals surface area contributed by atoms with Gasteiger partial charge >= 0.3 is 5.97 Å². The molecule has 0 unspecified atom stereocenters. The summed E-state index contributed by atoms with van der Waals surface area (Å²) in [6.07, 6.45) is 4.06. The van der Waals surface area contributed by atoms with Gasteiger partial charge in [0.1, 0.15) is 0 Å². The van der Waals surface area contributed by atoms with E-state index < -0.39 is 0 Å². The number of rotatable bonds is 8. The molecule has 7 heteroatoms. The molecule has 0 saturated carbocycles. The van der Waals surface area contributed by atoms with E-state index >= 15 is 0 Å². The molecule has 0 fully saturated rings. The van der Waals surface area contributed by atoms with E-state index in [9.17, 15) is 4.79 Å². The van der Waals surface area contributed by atoms with E-state index in [4.69, 9.17) is 4.74 Å². The number of esters is 1. The second-order valence-electron chi connectivity index (χ2n) is 7.24. The van der Waals surface area contributed by atoms with Gasteiger partial charge in [-0.15, -0.1) is 11.3 Å². The summed E-state index contributed by atoms with van der Waals surface area (Å²) < 4.78 is 7.19. The zero-order valence-electron chi connectivity index (χ0n) is 17.5. The summed E-state index contributed by atoms with van der Waals surface area (Å²) in [6, 6.07) is 17.0. The van der Waals surface area contributed by atoms with Crippen molar-refractivity contribution in [2.45, 2.75) is 26.8 Å². The van der Waals surface area contributed by atoms with Crippen molar-refractivity contribution in [3.8, 4) is 0 Å². The first-order valence-electron chi connectivity index (χ1n) is 10.1. The number of benzene rings is 2. The van der Waals surface area contributed by atoms with Gasteiger partial charge in [-0.1, -0.05) is 42.0 Å². The molecule has 2 aromatic carbocycles. The molecule has 0 atom stereocenters. The number of thiazole rings is 1. The van der Waals surface area contributed by atoms with Gasteiger partial charge in [-0.05, 0) is 42.5 Å². The Morgan fingerprint density at radius 2 is 2.06 bits per heavy atom. The molecule has 0 amide bonds. The Balaban J connectivity index is 1.43. The number of hydrazone groups is 1. The molecule has 2 heterocycles. The molecule has 6 nitrogen and oxygen atoms in total. The number of carbonyl (C=O) groups excluding carboxylic acids is 1. The number of hydrogen-bond acceptors (Lipinski definition) is 6. The molecule has 0 aliphatic carbocycles. The average molecular weight is 433 g/mol. The fraction of sp³-hybridized carbons (Fsp3) is 0.208. The van der Waals surface area contributed by atoms with Crippen molar-refractivity contribution in [2.75, 3.05) is 12.0 Å². The van der Waals surface area contributed by atoms with Crippen LogP contribution in [-0.4, -0.2) is 28.3 Å². The van der Waals surface area contributed by atoms with Crippen LogP contribution in [0.1, 0.15) is 29.3 Å². The second kappa shape index (κ2) is 9.57. The largest absolute Gasteiger partial charge is 0.466 e. The molecule has 1 N–H and O–H groups in total. The standard InChI is InChI=1S/C24H24N4O2S/c1-3-30-23(29)13-21-16-31-24(26-21)27-25-14-19-8-9-20-10-11-28(22(20)12-19)15-18-6-4-17(2)5-7-18/h4-12,14,16H,3,13,15H2,1-2H3,(H,26,27). The van der Waals surface area contributed by atoms with Crippen LogP contribution < -0.4 is 5.43 Å². The molecule has 0 spiro atoms. The highest BCUT2D eigenvalue weighted by Gasteiger charge is 2.08. The van der Waals surface area contributed by atoms with Crippen LogP contribution >= 0.6 is 11.3 Å². The second-order valence-corrected chi connectivity index (χ2v) is 8.10. The Morgan fingerprint density at radius 1 is 1.23 bits per heavy atom. The molecule has 2 aromatic heterocycles. The number of anilines is 1. The van der Waals surface area contributed by atoms with Gasteiger partial charge in [-0.25, -0.2) is 4.98 Å². The summed E-state index contributed by atoms with van der Waals surface area (Å²) in [4.78, 5) is 15.9. The van der Waals surface area contributed by atoms with Crippen molar-refractivity contribution in [3.63, 3.8) is 0 Å². The minimum Gasteiger partial charge on any atom is -0.466 e. The Labute approximate surface area is 185 Å². The van der Waals surface area contributed by atoms with Crippen molar-refractivity contribution >= 4 is 39.6 Å². The summed E-state index contributed by atoms with van der Waals surface area (Å²) >= 11 is 1.41. The van der Waals surface area contributed by atoms with Crippen LogP contribution in [0.4, 0.5) is 5.13 Å². The number of ether oxygens (including phenoxy) is 1. The molecule has 0 radical (unpaired) electrons. The third-order valence-electron chi connectivity index (χ3n) is 4.83. The van der Waals surface area contributed by atoms with Crippen LogP contribution in [0, 0.1) is 6.92 Å². The highest BCUT2D eigenvalue weighted by atomic mass is 32.1. The summed E-state index contributed by atoms with van der Waals surface area (Å²) in [6.45, 7) is 5.08. The maximum absolute atomic E-state index is 11.6. The minimum absolute atomic E-state index is 0.171. The summed E-state index contributed by atoms with van der Waals surface area (Å²) in [5.41, 5.74) is 8.30. The molecule has 158 valence electrons. The molecule has 0 aliphatic heterocycles. The average Bonchev–Trinajstić information content (AvgIpc) is 3.37. The third-order valence-corrected chi connectivity index (χ3v) is 5.62. The number of aryl methyl sites for hydroxylation is 1. The highest BCUT2D eigenvalue weighted by Crippen LogP contribution is 2.19. The van der Waals surface area contributed by atoms with Crippen molar-refractivity contribution in [2.24, 2.45) is 5.10 Å². The highest BCUT2D eigenvalue weighted by molar-refractivity contribution is 7.13. The predicted octanol–water partition coefficient (Wildman–Crippen LogP) is 5.01. The van der Waals surface area contributed by atoms with E-state index in [0.29, 0.717) is 17.4 Å². The molecule has 0 bridgehead atoms. The monoisotopic (exact) mass is 432 g/mol. The number of nitrogens with zero attached hydrogens (tertiary/aromatic N) is 3. The molecule has 4 aromatic rings. The van der Waals surface area contributed by atoms with Crippen molar-refractivity contribution in [1.82, 2.24) is 9.55 Å². The van der Waals surface area contributed by atoms with Gasteiger partial charge in [-0.2, -0.15) is 5.10 Å². The van der Waals surface area contributed by atoms with Gasteiger partial charge in [0.25, 0.3) is 0 Å². The maximum atomic E-state index is 11.6. The minimum atomic E-state index is -0.273. The fourth-order valence-electron chi connectivity index (χ4n) is 3.27. The van der Waals surface area contributed by atoms with Crippen molar-refractivity contribution < 1.29 is 9.53 Å². The zero-order chi connectivity index (χ0) is 21.6. The summed E-state index contributed by atoms with van der Waals surface area (Å²) in [5.74, 6) is -0.273. The van der Waals surface area contributed by atoms with Crippen LogP contribution in [-0.2, 0) is 22.5 Å². The number of fused-ring (bicyclic) bond motifs is 1. The Morgan fingerprint density at radius 3 is 2.87 bits per heavy atom. The molecular formula is C24H24N4O2S. The number of nitrogens with one attached hydrogen (secondary N) is 1. The lowest BCUT2D eigenvalue weighted by Crippen LogP contribution is -2.07. The van der Waals surface area contributed by atoms with Crippen LogP contribution in [0.3, 0.4) is 0 Å². The molecular weight excluding hydrogens is 408 g/mol. The van der Waals surface area contributed by atoms with Crippen LogP contribution in [0.5, 0.6) is 0 Å². The van der Waals surface area contributed by atoms with E-state index in [0.717, 1.165) is 17.6 Å². The topological polar surface area (TPSA) is 68.5 Å². The molecule has 0 aliphatic rings. The van der Waals surface area contributed by atoms with Gasteiger partial charge in [-0.3, -0.25) is 10.2 Å². The molecule has 4 rings (SSSR count). The van der Waals surface area contributed by atoms with Crippen LogP contribution in [0.15, 0.2) is 65.2 Å². The van der Waals surface area contributed by atoms with Crippen LogP contribution in [0.25, 0.3) is 10.9 Å². The lowest BCUT2D eigenvalue weighted by molar-refractivity contribution is -0.142. The van der Waals surface area contributed by atoms with Crippen molar-refractivity contribution in [3.05, 3.63) is 82.5 Å². The van der Waals surface area contributed by atoms with Gasteiger partial charge in [0.05, 0.1) is 24.9 Å². The van der Waals surface area contributed by atoms with E-state index in [1.165, 1.54) is 27.8 Å². The Bertz CT molecular complexity index is 1210. The lowest BCUT2D eigenvalue weighted by Gasteiger charge is -2.07. The fourth-order valence-corrected chi connectivity index (χ4v) is 3.93. The quantitative estimate of drug-likeness (QED) is 0.242. The van der Waals surface area contributed by atoms with Crippen molar-refractivity contribution in [1.29, 1.82) is 0 Å². The van der Waals surface area contributed by atoms with Gasteiger partial charge in [0, 0.05) is 23.6 Å². The van der Waals surface area contributed by atoms with Gasteiger partial charge in [0.2, 0.25) is 5.13 Å². The first-order valence-corrected chi connectivity index (χ1v) is 11.0. The molecule has 31 heavy (non-hydrogen) atoms. The summed E-state index contributed by atoms with van der Waals surface area (Å²) in [7, 11) is 0. The maximum Gasteiger partial charge on any atom is 0.311 e. The SMILES string of the molecule is CCOC(=O)Cc1csc(NN=Cc2ccc3ccn(Cc4ccc(C)cc4)c3c2)n1. The predicted molar refractivity (Wildman–Crippen MR) is 126 cm³/mol. The van der Waals surface area contributed by atoms with Gasteiger partial charge < -0.3 is 9.30 Å². The Kier molecular flexibility index (Phi) is 6.43. The first-order chi connectivity index (χ1) is 15.1. The smallest absolute Gasteiger partial charge is 0.311 e. The number of hydrogen-bond donors (Lipinski definition) is 1. The number of aromatic nitrogens is 2. The summed E-state index contributed by atoms with van der Waals surface area (Å²) in [5, 5.41) is 7.97. The molecule has 0 saturated heterocycles. The van der Waals surface area contributed by atoms with Crippen LogP contribution in [0.2, 0.25) is 0 Å². The van der Waals surface area contributed by atoms with E-state index in [1.54, 1.807) is 13.1 Å². The lowest BCUT2D eigenvalue weighted by atomic mass is 10.1. The van der Waals surface area contributed by atoms with E-state index in [-0.39, 0.29) is 12.4 Å². The van der Waals surface area contributed by atoms with E-state index in [2.05, 4.69) is 75.7 Å². The third kappa shape index (κ3) is 5.38. The normalized spacial score (nSPS) is 11.3. The number of carbonyl (C=O) groups is 1. The first kappa shape index (κ1) is 20.8. The van der Waals surface area contributed by atoms with E-state index in [1.807, 2.05) is 11.4 Å². The zero-order valence-corrected chi connectivity index (χ0v) is 18.4. The Hall–Kier alpha value is -3.45.